The number of amides is 4. The highest BCUT2D eigenvalue weighted by atomic mass is 16.2. The molecule has 0 bridgehead atoms. The lowest BCUT2D eigenvalue weighted by molar-refractivity contribution is -0.141. The number of nitrogens with zero attached hydrogens (tertiary/aromatic N) is 2. The first-order valence-corrected chi connectivity index (χ1v) is 7.56. The number of hydrogen-bond donors (Lipinski definition) is 2. The van der Waals surface area contributed by atoms with E-state index in [0.717, 1.165) is 16.5 Å². The highest BCUT2D eigenvalue weighted by molar-refractivity contribution is 6.02. The van der Waals surface area contributed by atoms with E-state index in [0.29, 0.717) is 19.5 Å². The third-order valence-corrected chi connectivity index (χ3v) is 4.48. The Morgan fingerprint density at radius 2 is 2.00 bits per heavy atom. The molecule has 0 saturated carbocycles. The van der Waals surface area contributed by atoms with Crippen LogP contribution in [0.2, 0.25) is 0 Å². The van der Waals surface area contributed by atoms with Crippen molar-refractivity contribution in [2.45, 2.75) is 12.5 Å². The van der Waals surface area contributed by atoms with Crippen LogP contribution in [-0.2, 0) is 16.0 Å². The molecule has 1 aromatic carbocycles. The summed E-state index contributed by atoms with van der Waals surface area (Å²) in [6.45, 7) is 0.888. The number of aromatic amines is 1. The van der Waals surface area contributed by atoms with Crippen LogP contribution in [0, 0.1) is 0 Å². The Morgan fingerprint density at radius 3 is 2.74 bits per heavy atom. The molecule has 4 amide bonds. The predicted octanol–water partition coefficient (Wildman–Crippen LogP) is 0.473. The highest BCUT2D eigenvalue weighted by Gasteiger charge is 2.42. The molecule has 1 aromatic heterocycles. The highest BCUT2D eigenvalue weighted by Crippen LogP contribution is 2.22. The number of carbonyl (C=O) groups is 3. The molecule has 118 valence electrons. The van der Waals surface area contributed by atoms with Gasteiger partial charge in [-0.1, -0.05) is 18.2 Å². The maximum atomic E-state index is 12.4. The molecule has 2 fully saturated rings. The lowest BCUT2D eigenvalue weighted by atomic mass is 10.0. The number of fused-ring (bicyclic) bond motifs is 1. The Hall–Kier alpha value is -2.83. The molecule has 2 saturated heterocycles. The van der Waals surface area contributed by atoms with Gasteiger partial charge < -0.3 is 15.2 Å². The van der Waals surface area contributed by atoms with Gasteiger partial charge in [0.15, 0.2) is 0 Å². The quantitative estimate of drug-likeness (QED) is 0.808. The van der Waals surface area contributed by atoms with Crippen molar-refractivity contribution >= 4 is 28.7 Å². The van der Waals surface area contributed by atoms with E-state index in [1.165, 1.54) is 4.90 Å². The third kappa shape index (κ3) is 2.25. The van der Waals surface area contributed by atoms with Gasteiger partial charge in [0.2, 0.25) is 11.8 Å². The number of likely N-dealkylation sites (tertiary alicyclic amines) is 1. The topological polar surface area (TPSA) is 85.5 Å². The first-order valence-electron chi connectivity index (χ1n) is 7.56. The molecule has 3 heterocycles. The smallest absolute Gasteiger partial charge is 0.324 e. The van der Waals surface area contributed by atoms with E-state index in [4.69, 9.17) is 0 Å². The van der Waals surface area contributed by atoms with Gasteiger partial charge in [0.1, 0.15) is 0 Å². The third-order valence-electron chi connectivity index (χ3n) is 4.48. The zero-order chi connectivity index (χ0) is 16.0. The van der Waals surface area contributed by atoms with Crippen LogP contribution in [-0.4, -0.2) is 58.3 Å². The average molecular weight is 312 g/mol. The van der Waals surface area contributed by atoms with E-state index in [9.17, 15) is 14.4 Å². The van der Waals surface area contributed by atoms with Gasteiger partial charge in [0.05, 0.1) is 19.0 Å². The fourth-order valence-corrected chi connectivity index (χ4v) is 3.18. The Morgan fingerprint density at radius 1 is 1.22 bits per heavy atom. The van der Waals surface area contributed by atoms with E-state index < -0.39 is 0 Å². The first kappa shape index (κ1) is 13.8. The van der Waals surface area contributed by atoms with Crippen LogP contribution < -0.4 is 5.32 Å². The van der Waals surface area contributed by atoms with Crippen LogP contribution in [0.3, 0.4) is 0 Å². The zero-order valence-electron chi connectivity index (χ0n) is 12.4. The minimum absolute atomic E-state index is 0.0121. The van der Waals surface area contributed by atoms with E-state index in [1.54, 1.807) is 4.90 Å². The van der Waals surface area contributed by atoms with Crippen molar-refractivity contribution in [1.29, 1.82) is 0 Å². The van der Waals surface area contributed by atoms with Crippen LogP contribution in [0.25, 0.3) is 10.9 Å². The van der Waals surface area contributed by atoms with Crippen molar-refractivity contribution in [2.75, 3.05) is 19.6 Å². The molecule has 0 radical (unpaired) electrons. The number of benzene rings is 1. The molecule has 23 heavy (non-hydrogen) atoms. The minimum Gasteiger partial charge on any atom is -0.361 e. The molecule has 2 N–H and O–H groups in total. The molecule has 0 unspecified atom stereocenters. The molecular weight excluding hydrogens is 296 g/mol. The van der Waals surface area contributed by atoms with Crippen LogP contribution in [0.15, 0.2) is 30.5 Å². The van der Waals surface area contributed by atoms with Crippen LogP contribution in [0.5, 0.6) is 0 Å². The molecule has 4 rings (SSSR count). The van der Waals surface area contributed by atoms with Gasteiger partial charge >= 0.3 is 6.03 Å². The molecule has 7 nitrogen and oxygen atoms in total. The number of carbonyl (C=O) groups excluding carboxylic acids is 3. The minimum atomic E-state index is -0.358. The molecule has 0 spiro atoms. The molecule has 2 aromatic rings. The van der Waals surface area contributed by atoms with E-state index in [-0.39, 0.29) is 30.4 Å². The molecular formula is C16H16N4O3. The molecule has 0 atom stereocenters. The second kappa shape index (κ2) is 5.12. The standard InChI is InChI=1S/C16H16N4O3/c21-14(5-10-6-17-13-4-2-1-3-12(10)13)19-8-11(9-19)20-15(22)7-18-16(20)23/h1-4,6,11,17H,5,7-9H2,(H,18,23). The predicted molar refractivity (Wildman–Crippen MR) is 82.6 cm³/mol. The average Bonchev–Trinajstić information content (AvgIpc) is 3.04. The van der Waals surface area contributed by atoms with Gasteiger partial charge in [-0.25, -0.2) is 4.79 Å². The van der Waals surface area contributed by atoms with Crippen molar-refractivity contribution in [3.63, 3.8) is 0 Å². The first-order chi connectivity index (χ1) is 11.1. The Labute approximate surface area is 132 Å². The Kier molecular flexibility index (Phi) is 3.07. The van der Waals surface area contributed by atoms with Crippen molar-refractivity contribution in [3.8, 4) is 0 Å². The summed E-state index contributed by atoms with van der Waals surface area (Å²) in [5.41, 5.74) is 1.97. The van der Waals surface area contributed by atoms with Crippen molar-refractivity contribution < 1.29 is 14.4 Å². The van der Waals surface area contributed by atoms with Gasteiger partial charge in [0.25, 0.3) is 0 Å². The van der Waals surface area contributed by atoms with Crippen molar-refractivity contribution in [2.24, 2.45) is 0 Å². The number of para-hydroxylation sites is 1. The van der Waals surface area contributed by atoms with Crippen LogP contribution >= 0.6 is 0 Å². The largest absolute Gasteiger partial charge is 0.361 e. The summed E-state index contributed by atoms with van der Waals surface area (Å²) >= 11 is 0. The fourth-order valence-electron chi connectivity index (χ4n) is 3.18. The Bertz CT molecular complexity index is 791. The van der Waals surface area contributed by atoms with Gasteiger partial charge in [0, 0.05) is 30.2 Å². The lowest BCUT2D eigenvalue weighted by Gasteiger charge is -2.42. The summed E-state index contributed by atoms with van der Waals surface area (Å²) in [6, 6.07) is 7.30. The SMILES string of the molecule is O=C(Cc1c[nH]c2ccccc12)N1CC(N2C(=O)CNC2=O)C1. The second-order valence-corrected chi connectivity index (χ2v) is 5.91. The summed E-state index contributed by atoms with van der Waals surface area (Å²) in [7, 11) is 0. The summed E-state index contributed by atoms with van der Waals surface area (Å²) in [4.78, 5) is 41.7. The fraction of sp³-hybridized carbons (Fsp3) is 0.312. The van der Waals surface area contributed by atoms with Crippen molar-refractivity contribution in [1.82, 2.24) is 20.1 Å². The van der Waals surface area contributed by atoms with Gasteiger partial charge in [-0.3, -0.25) is 14.5 Å². The number of nitrogens with one attached hydrogen (secondary N) is 2. The number of aromatic nitrogens is 1. The molecule has 0 aliphatic carbocycles. The maximum absolute atomic E-state index is 12.4. The van der Waals surface area contributed by atoms with E-state index in [2.05, 4.69) is 10.3 Å². The lowest BCUT2D eigenvalue weighted by Crippen LogP contribution is -2.62. The van der Waals surface area contributed by atoms with Crippen LogP contribution in [0.4, 0.5) is 4.79 Å². The Balaban J connectivity index is 1.40. The van der Waals surface area contributed by atoms with E-state index in [1.807, 2.05) is 30.5 Å². The summed E-state index contributed by atoms with van der Waals surface area (Å²) in [5, 5.41) is 3.55. The van der Waals surface area contributed by atoms with E-state index >= 15 is 0 Å². The summed E-state index contributed by atoms with van der Waals surface area (Å²) in [6.07, 6.45) is 2.17. The number of urea groups is 1. The molecule has 2 aliphatic heterocycles. The second-order valence-electron chi connectivity index (χ2n) is 5.91. The number of hydrogen-bond acceptors (Lipinski definition) is 3. The molecule has 2 aliphatic rings. The zero-order valence-corrected chi connectivity index (χ0v) is 12.4. The number of H-pyrrole nitrogens is 1. The summed E-state index contributed by atoms with van der Waals surface area (Å²) < 4.78 is 0. The van der Waals surface area contributed by atoms with Crippen LogP contribution in [0.1, 0.15) is 5.56 Å². The normalized spacial score (nSPS) is 18.4. The maximum Gasteiger partial charge on any atom is 0.324 e. The number of imide groups is 1. The van der Waals surface area contributed by atoms with Gasteiger partial charge in [-0.15, -0.1) is 0 Å². The number of rotatable bonds is 3. The van der Waals surface area contributed by atoms with Gasteiger partial charge in [-0.2, -0.15) is 0 Å². The van der Waals surface area contributed by atoms with Crippen molar-refractivity contribution in [3.05, 3.63) is 36.0 Å². The summed E-state index contributed by atoms with van der Waals surface area (Å²) in [5.74, 6) is -0.207. The monoisotopic (exact) mass is 312 g/mol. The van der Waals surface area contributed by atoms with Gasteiger partial charge in [-0.05, 0) is 11.6 Å². The molecule has 7 heteroatoms.